The molecule has 1 aromatic heterocycles. The maximum absolute atomic E-state index is 12.4. The van der Waals surface area contributed by atoms with Crippen LogP contribution in [0.15, 0.2) is 52.1 Å². The molecule has 0 saturated heterocycles. The molecule has 0 aromatic carbocycles. The summed E-state index contributed by atoms with van der Waals surface area (Å²) >= 11 is 0. The van der Waals surface area contributed by atoms with Gasteiger partial charge in [-0.3, -0.25) is 9.36 Å². The van der Waals surface area contributed by atoms with E-state index in [2.05, 4.69) is 18.5 Å². The molecule has 0 fully saturated rings. The van der Waals surface area contributed by atoms with Crippen LogP contribution in [0.2, 0.25) is 0 Å². The number of nitrogens with zero attached hydrogens (tertiary/aromatic N) is 1. The lowest BCUT2D eigenvalue weighted by Gasteiger charge is -2.11. The van der Waals surface area contributed by atoms with E-state index in [4.69, 9.17) is 0 Å². The fraction of sp³-hybridized carbons (Fsp3) is 0.294. The second kappa shape index (κ2) is 5.95. The maximum Gasteiger partial charge on any atom is 0.328 e. The standard InChI is InChI=1S/C17H20N2O2/c1-11-5-6-12(2)8-10-14-15(13(3)9-7-11)16(20)19(4)17(21)18-14/h5-11,13H,2H2,1,3-4H3,(H,18,21)/b6-5-,9-7-,10-8-. The van der Waals surface area contributed by atoms with Crippen molar-refractivity contribution in [2.24, 2.45) is 13.0 Å². The Bertz CT molecular complexity index is 760. The van der Waals surface area contributed by atoms with Gasteiger partial charge in [0.05, 0.1) is 5.69 Å². The van der Waals surface area contributed by atoms with Crippen LogP contribution in [0.4, 0.5) is 0 Å². The number of H-pyrrole nitrogens is 1. The summed E-state index contributed by atoms with van der Waals surface area (Å²) < 4.78 is 1.10. The molecule has 4 heteroatoms. The Labute approximate surface area is 123 Å². The number of allylic oxidation sites excluding steroid dienone is 6. The highest BCUT2D eigenvalue weighted by molar-refractivity contribution is 5.55. The molecular weight excluding hydrogens is 264 g/mol. The number of fused-ring (bicyclic) bond motifs is 1. The first-order chi connectivity index (χ1) is 9.90. The highest BCUT2D eigenvalue weighted by atomic mass is 16.2. The molecule has 2 atom stereocenters. The zero-order chi connectivity index (χ0) is 15.6. The van der Waals surface area contributed by atoms with Gasteiger partial charge < -0.3 is 4.98 Å². The van der Waals surface area contributed by atoms with Crippen molar-refractivity contribution in [2.45, 2.75) is 19.8 Å². The molecule has 0 saturated carbocycles. The minimum absolute atomic E-state index is 0.0811. The van der Waals surface area contributed by atoms with Crippen LogP contribution in [-0.2, 0) is 7.05 Å². The quantitative estimate of drug-likeness (QED) is 0.744. The van der Waals surface area contributed by atoms with Crippen molar-refractivity contribution in [3.8, 4) is 0 Å². The van der Waals surface area contributed by atoms with E-state index < -0.39 is 5.69 Å². The van der Waals surface area contributed by atoms with Crippen molar-refractivity contribution in [2.75, 3.05) is 0 Å². The van der Waals surface area contributed by atoms with Crippen molar-refractivity contribution < 1.29 is 0 Å². The van der Waals surface area contributed by atoms with Gasteiger partial charge in [0.25, 0.3) is 5.56 Å². The number of hydrogen-bond donors (Lipinski definition) is 1. The minimum atomic E-state index is -0.413. The number of aromatic nitrogens is 2. The number of nitrogens with one attached hydrogen (secondary N) is 1. The highest BCUT2D eigenvalue weighted by Gasteiger charge is 2.15. The maximum atomic E-state index is 12.4. The Morgan fingerprint density at radius 1 is 1.10 bits per heavy atom. The van der Waals surface area contributed by atoms with Crippen LogP contribution < -0.4 is 11.2 Å². The topological polar surface area (TPSA) is 54.9 Å². The Hall–Kier alpha value is -2.36. The summed E-state index contributed by atoms with van der Waals surface area (Å²) in [5.41, 5.74) is 1.28. The van der Waals surface area contributed by atoms with E-state index in [9.17, 15) is 9.59 Å². The van der Waals surface area contributed by atoms with Crippen molar-refractivity contribution in [3.63, 3.8) is 0 Å². The first-order valence-electron chi connectivity index (χ1n) is 6.97. The molecule has 0 aliphatic heterocycles. The molecule has 2 unspecified atom stereocenters. The van der Waals surface area contributed by atoms with Crippen molar-refractivity contribution in [3.05, 3.63) is 74.6 Å². The van der Waals surface area contributed by atoms with Gasteiger partial charge >= 0.3 is 5.69 Å². The van der Waals surface area contributed by atoms with Crippen molar-refractivity contribution >= 4 is 6.08 Å². The minimum Gasteiger partial charge on any atom is -0.307 e. The normalized spacial score (nSPS) is 26.5. The van der Waals surface area contributed by atoms with Crippen LogP contribution in [0.3, 0.4) is 0 Å². The van der Waals surface area contributed by atoms with Crippen LogP contribution in [0.1, 0.15) is 31.0 Å². The molecule has 4 nitrogen and oxygen atoms in total. The second-order valence-electron chi connectivity index (χ2n) is 5.42. The first-order valence-corrected chi connectivity index (χ1v) is 6.97. The zero-order valence-corrected chi connectivity index (χ0v) is 12.6. The Kier molecular flexibility index (Phi) is 4.26. The van der Waals surface area contributed by atoms with Crippen molar-refractivity contribution in [1.82, 2.24) is 9.55 Å². The van der Waals surface area contributed by atoms with Crippen LogP contribution in [-0.4, -0.2) is 9.55 Å². The number of aromatic amines is 1. The fourth-order valence-corrected chi connectivity index (χ4v) is 2.25. The summed E-state index contributed by atoms with van der Waals surface area (Å²) in [7, 11) is 1.48. The summed E-state index contributed by atoms with van der Waals surface area (Å²) in [6.07, 6.45) is 11.6. The average Bonchev–Trinajstić information content (AvgIpc) is 2.47. The van der Waals surface area contributed by atoms with Crippen LogP contribution in [0.5, 0.6) is 0 Å². The number of hydrogen-bond acceptors (Lipinski definition) is 2. The molecule has 1 aromatic rings. The largest absolute Gasteiger partial charge is 0.328 e. The molecule has 2 rings (SSSR count). The molecule has 0 amide bonds. The molecule has 21 heavy (non-hydrogen) atoms. The SMILES string of the molecule is C=C1/C=C\c2[nH]c(=O)n(C)c(=O)c2C(C)/C=C\C(C)/C=C\1. The van der Waals surface area contributed by atoms with E-state index >= 15 is 0 Å². The summed E-state index contributed by atoms with van der Waals surface area (Å²) in [6.45, 7) is 7.95. The van der Waals surface area contributed by atoms with Gasteiger partial charge in [0, 0.05) is 18.5 Å². The third kappa shape index (κ3) is 3.21. The molecule has 0 spiro atoms. The summed E-state index contributed by atoms with van der Waals surface area (Å²) in [5.74, 6) is 0.174. The third-order valence-corrected chi connectivity index (χ3v) is 3.61. The van der Waals surface area contributed by atoms with Gasteiger partial charge in [0.1, 0.15) is 0 Å². The fourth-order valence-electron chi connectivity index (χ4n) is 2.25. The molecule has 0 radical (unpaired) electrons. The summed E-state index contributed by atoms with van der Waals surface area (Å²) in [5, 5.41) is 0. The van der Waals surface area contributed by atoms with E-state index in [1.54, 1.807) is 12.2 Å². The van der Waals surface area contributed by atoms with Gasteiger partial charge in [0.15, 0.2) is 0 Å². The second-order valence-corrected chi connectivity index (χ2v) is 5.42. The lowest BCUT2D eigenvalue weighted by atomic mass is 9.98. The van der Waals surface area contributed by atoms with E-state index in [1.165, 1.54) is 7.05 Å². The zero-order valence-electron chi connectivity index (χ0n) is 12.6. The van der Waals surface area contributed by atoms with Gasteiger partial charge in [-0.25, -0.2) is 4.79 Å². The summed E-state index contributed by atoms with van der Waals surface area (Å²) in [6, 6.07) is 0. The predicted molar refractivity (Wildman–Crippen MR) is 86.3 cm³/mol. The van der Waals surface area contributed by atoms with Crippen molar-refractivity contribution in [1.29, 1.82) is 0 Å². The molecule has 1 aliphatic rings. The van der Waals surface area contributed by atoms with E-state index in [0.717, 1.165) is 10.1 Å². The van der Waals surface area contributed by atoms with Crippen LogP contribution in [0.25, 0.3) is 6.08 Å². The average molecular weight is 284 g/mol. The first kappa shape index (κ1) is 15.0. The molecule has 1 aliphatic carbocycles. The van der Waals surface area contributed by atoms with E-state index in [0.29, 0.717) is 11.3 Å². The van der Waals surface area contributed by atoms with Gasteiger partial charge in [0.2, 0.25) is 0 Å². The highest BCUT2D eigenvalue weighted by Crippen LogP contribution is 2.19. The summed E-state index contributed by atoms with van der Waals surface area (Å²) in [4.78, 5) is 26.9. The van der Waals surface area contributed by atoms with Gasteiger partial charge in [-0.15, -0.1) is 0 Å². The molecule has 0 bridgehead atoms. The number of rotatable bonds is 0. The Balaban J connectivity index is 2.71. The Morgan fingerprint density at radius 2 is 1.81 bits per heavy atom. The lowest BCUT2D eigenvalue weighted by molar-refractivity contribution is 0.735. The van der Waals surface area contributed by atoms with Gasteiger partial charge in [-0.2, -0.15) is 0 Å². The molecule has 1 N–H and O–H groups in total. The third-order valence-electron chi connectivity index (χ3n) is 3.61. The molecular formula is C17H20N2O2. The van der Waals surface area contributed by atoms with Crippen LogP contribution >= 0.6 is 0 Å². The van der Waals surface area contributed by atoms with Gasteiger partial charge in [-0.1, -0.05) is 50.8 Å². The predicted octanol–water partition coefficient (Wildman–Crippen LogP) is 2.51. The smallest absolute Gasteiger partial charge is 0.307 e. The Morgan fingerprint density at radius 3 is 2.52 bits per heavy atom. The molecule has 110 valence electrons. The van der Waals surface area contributed by atoms with E-state index in [1.807, 2.05) is 31.2 Å². The van der Waals surface area contributed by atoms with Gasteiger partial charge in [-0.05, 0) is 17.6 Å². The molecule has 1 heterocycles. The lowest BCUT2D eigenvalue weighted by Crippen LogP contribution is -2.36. The van der Waals surface area contributed by atoms with E-state index in [-0.39, 0.29) is 17.4 Å². The van der Waals surface area contributed by atoms with Crippen LogP contribution in [0, 0.1) is 5.92 Å². The monoisotopic (exact) mass is 284 g/mol.